The van der Waals surface area contributed by atoms with Crippen LogP contribution in [0.4, 0.5) is 5.82 Å². The zero-order chi connectivity index (χ0) is 11.4. The first-order chi connectivity index (χ1) is 7.81. The third kappa shape index (κ3) is 2.50. The van der Waals surface area contributed by atoms with E-state index in [9.17, 15) is 0 Å². The third-order valence-corrected chi connectivity index (χ3v) is 3.43. The van der Waals surface area contributed by atoms with E-state index in [0.717, 1.165) is 11.5 Å². The molecule has 0 bridgehead atoms. The van der Waals surface area contributed by atoms with Gasteiger partial charge in [-0.05, 0) is 25.7 Å². The summed E-state index contributed by atoms with van der Waals surface area (Å²) in [5.74, 6) is 1.58. The van der Waals surface area contributed by atoms with Crippen molar-refractivity contribution in [3.63, 3.8) is 0 Å². The Morgan fingerprint density at radius 3 is 2.69 bits per heavy atom. The first-order valence-electron chi connectivity index (χ1n) is 6.05. The Morgan fingerprint density at radius 2 is 2.06 bits per heavy atom. The molecule has 1 aliphatic carbocycles. The summed E-state index contributed by atoms with van der Waals surface area (Å²) in [4.78, 5) is 8.54. The lowest BCUT2D eigenvalue weighted by molar-refractivity contribution is 0.461. The van der Waals surface area contributed by atoms with Crippen LogP contribution in [0.2, 0.25) is 0 Å². The minimum Gasteiger partial charge on any atom is -0.364 e. The molecule has 2 rings (SSSR count). The average Bonchev–Trinajstić information content (AvgIpc) is 2.81. The molecule has 1 aromatic heterocycles. The lowest BCUT2D eigenvalue weighted by atomic mass is 9.98. The quantitative estimate of drug-likeness (QED) is 0.811. The molecule has 88 valence electrons. The van der Waals surface area contributed by atoms with E-state index in [-0.39, 0.29) is 0 Å². The van der Waals surface area contributed by atoms with Crippen molar-refractivity contribution in [2.24, 2.45) is 11.7 Å². The standard InChI is InChI=1S/C12H20N4/c1-9-12(15-7-6-14-9)16-11(8-13)10-4-2-3-5-10/h6-7,10-11H,2-5,8,13H2,1H3,(H,15,16). The molecular formula is C12H20N4. The summed E-state index contributed by atoms with van der Waals surface area (Å²) in [6.45, 7) is 2.64. The van der Waals surface area contributed by atoms with Gasteiger partial charge in [0.25, 0.3) is 0 Å². The van der Waals surface area contributed by atoms with Crippen molar-refractivity contribution in [2.45, 2.75) is 38.6 Å². The van der Waals surface area contributed by atoms with Crippen LogP contribution in [0.5, 0.6) is 0 Å². The number of rotatable bonds is 4. The fraction of sp³-hybridized carbons (Fsp3) is 0.667. The maximum Gasteiger partial charge on any atom is 0.147 e. The van der Waals surface area contributed by atoms with Gasteiger partial charge in [-0.1, -0.05) is 12.8 Å². The summed E-state index contributed by atoms with van der Waals surface area (Å²) < 4.78 is 0. The summed E-state index contributed by atoms with van der Waals surface area (Å²) >= 11 is 0. The molecule has 0 amide bonds. The van der Waals surface area contributed by atoms with E-state index in [2.05, 4.69) is 15.3 Å². The van der Waals surface area contributed by atoms with E-state index in [0.29, 0.717) is 18.5 Å². The van der Waals surface area contributed by atoms with Gasteiger partial charge in [0.15, 0.2) is 0 Å². The molecule has 4 nitrogen and oxygen atoms in total. The molecule has 1 unspecified atom stereocenters. The van der Waals surface area contributed by atoms with Gasteiger partial charge in [0.1, 0.15) is 5.82 Å². The monoisotopic (exact) mass is 220 g/mol. The second-order valence-electron chi connectivity index (χ2n) is 4.52. The molecule has 1 aliphatic rings. The number of nitrogens with two attached hydrogens (primary N) is 1. The van der Waals surface area contributed by atoms with Crippen molar-refractivity contribution < 1.29 is 0 Å². The minimum absolute atomic E-state index is 0.345. The van der Waals surface area contributed by atoms with Crippen LogP contribution in [0, 0.1) is 12.8 Å². The van der Waals surface area contributed by atoms with E-state index < -0.39 is 0 Å². The van der Waals surface area contributed by atoms with E-state index in [1.807, 2.05) is 6.92 Å². The van der Waals surface area contributed by atoms with Gasteiger partial charge in [-0.2, -0.15) is 0 Å². The van der Waals surface area contributed by atoms with Gasteiger partial charge in [-0.3, -0.25) is 4.98 Å². The number of aryl methyl sites for hydroxylation is 1. The molecule has 1 heterocycles. The molecular weight excluding hydrogens is 200 g/mol. The molecule has 1 atom stereocenters. The van der Waals surface area contributed by atoms with Crippen molar-refractivity contribution in [2.75, 3.05) is 11.9 Å². The Morgan fingerprint density at radius 1 is 1.38 bits per heavy atom. The Bertz CT molecular complexity index is 334. The van der Waals surface area contributed by atoms with Crippen molar-refractivity contribution >= 4 is 5.82 Å². The summed E-state index contributed by atoms with van der Waals surface area (Å²) in [5.41, 5.74) is 6.78. The van der Waals surface area contributed by atoms with Gasteiger partial charge in [0, 0.05) is 25.0 Å². The van der Waals surface area contributed by atoms with E-state index in [4.69, 9.17) is 5.73 Å². The first kappa shape index (κ1) is 11.3. The molecule has 1 fully saturated rings. The molecule has 1 saturated carbocycles. The number of nitrogens with one attached hydrogen (secondary N) is 1. The third-order valence-electron chi connectivity index (χ3n) is 3.43. The second kappa shape index (κ2) is 5.25. The van der Waals surface area contributed by atoms with Crippen LogP contribution < -0.4 is 11.1 Å². The summed E-state index contributed by atoms with van der Waals surface area (Å²) in [5, 5.41) is 3.44. The second-order valence-corrected chi connectivity index (χ2v) is 4.52. The van der Waals surface area contributed by atoms with E-state index >= 15 is 0 Å². The Hall–Kier alpha value is -1.16. The number of anilines is 1. The van der Waals surface area contributed by atoms with Crippen LogP contribution in [-0.4, -0.2) is 22.6 Å². The fourth-order valence-corrected chi connectivity index (χ4v) is 2.45. The van der Waals surface area contributed by atoms with E-state index in [1.165, 1.54) is 25.7 Å². The Kier molecular flexibility index (Phi) is 3.72. The first-order valence-corrected chi connectivity index (χ1v) is 6.05. The number of hydrogen-bond donors (Lipinski definition) is 2. The van der Waals surface area contributed by atoms with Gasteiger partial charge in [0.2, 0.25) is 0 Å². The van der Waals surface area contributed by atoms with Crippen molar-refractivity contribution in [3.05, 3.63) is 18.1 Å². The SMILES string of the molecule is Cc1nccnc1NC(CN)C1CCCC1. The van der Waals surface area contributed by atoms with Gasteiger partial charge >= 0.3 is 0 Å². The van der Waals surface area contributed by atoms with Crippen LogP contribution in [0.3, 0.4) is 0 Å². The lowest BCUT2D eigenvalue weighted by Gasteiger charge is -2.24. The molecule has 3 N–H and O–H groups in total. The molecule has 1 aromatic rings. The number of hydrogen-bond acceptors (Lipinski definition) is 4. The molecule has 0 aliphatic heterocycles. The molecule has 0 radical (unpaired) electrons. The predicted molar refractivity (Wildman–Crippen MR) is 65.2 cm³/mol. The zero-order valence-electron chi connectivity index (χ0n) is 9.82. The number of aromatic nitrogens is 2. The maximum atomic E-state index is 5.84. The van der Waals surface area contributed by atoms with Crippen LogP contribution in [0.1, 0.15) is 31.4 Å². The van der Waals surface area contributed by atoms with Crippen LogP contribution in [-0.2, 0) is 0 Å². The molecule has 0 aromatic carbocycles. The van der Waals surface area contributed by atoms with Crippen molar-refractivity contribution in [1.29, 1.82) is 0 Å². The van der Waals surface area contributed by atoms with Crippen molar-refractivity contribution in [3.8, 4) is 0 Å². The van der Waals surface area contributed by atoms with Gasteiger partial charge in [-0.15, -0.1) is 0 Å². The minimum atomic E-state index is 0.345. The summed E-state index contributed by atoms with van der Waals surface area (Å²) in [6.07, 6.45) is 8.68. The Balaban J connectivity index is 2.03. The lowest BCUT2D eigenvalue weighted by Crippen LogP contribution is -2.35. The van der Waals surface area contributed by atoms with Crippen LogP contribution >= 0.6 is 0 Å². The summed E-state index contributed by atoms with van der Waals surface area (Å²) in [7, 11) is 0. The predicted octanol–water partition coefficient (Wildman–Crippen LogP) is 1.71. The largest absolute Gasteiger partial charge is 0.364 e. The van der Waals surface area contributed by atoms with Crippen molar-refractivity contribution in [1.82, 2.24) is 9.97 Å². The number of nitrogens with zero attached hydrogens (tertiary/aromatic N) is 2. The topological polar surface area (TPSA) is 63.8 Å². The zero-order valence-corrected chi connectivity index (χ0v) is 9.82. The smallest absolute Gasteiger partial charge is 0.147 e. The highest BCUT2D eigenvalue weighted by Gasteiger charge is 2.24. The average molecular weight is 220 g/mol. The highest BCUT2D eigenvalue weighted by molar-refractivity contribution is 5.39. The van der Waals surface area contributed by atoms with Crippen LogP contribution in [0.15, 0.2) is 12.4 Å². The maximum absolute atomic E-state index is 5.84. The Labute approximate surface area is 96.7 Å². The van der Waals surface area contributed by atoms with Crippen LogP contribution in [0.25, 0.3) is 0 Å². The van der Waals surface area contributed by atoms with Gasteiger partial charge < -0.3 is 11.1 Å². The molecule has 16 heavy (non-hydrogen) atoms. The highest BCUT2D eigenvalue weighted by Crippen LogP contribution is 2.28. The van der Waals surface area contributed by atoms with Gasteiger partial charge in [-0.25, -0.2) is 4.98 Å². The fourth-order valence-electron chi connectivity index (χ4n) is 2.45. The highest BCUT2D eigenvalue weighted by atomic mass is 15.1. The molecule has 4 heteroatoms. The summed E-state index contributed by atoms with van der Waals surface area (Å²) in [6, 6.07) is 0.345. The molecule has 0 spiro atoms. The van der Waals surface area contributed by atoms with Gasteiger partial charge in [0.05, 0.1) is 5.69 Å². The normalized spacial score (nSPS) is 18.6. The molecule has 0 saturated heterocycles. The van der Waals surface area contributed by atoms with E-state index in [1.54, 1.807) is 12.4 Å².